The van der Waals surface area contributed by atoms with Crippen LogP contribution in [-0.4, -0.2) is 63.0 Å². The summed E-state index contributed by atoms with van der Waals surface area (Å²) >= 11 is 0. The van der Waals surface area contributed by atoms with Crippen molar-refractivity contribution in [2.45, 2.75) is 19.0 Å². The number of nitrogen functional groups attached to an aromatic ring is 1. The second kappa shape index (κ2) is 7.51. The van der Waals surface area contributed by atoms with E-state index in [-0.39, 0.29) is 12.1 Å². The van der Waals surface area contributed by atoms with Crippen molar-refractivity contribution in [2.24, 2.45) is 0 Å². The van der Waals surface area contributed by atoms with Gasteiger partial charge in [-0.2, -0.15) is 5.10 Å². The molecule has 0 bridgehead atoms. The molecule has 0 radical (unpaired) electrons. The Kier molecular flexibility index (Phi) is 4.89. The number of H-pyrrole nitrogens is 1. The van der Waals surface area contributed by atoms with Crippen molar-refractivity contribution >= 4 is 34.2 Å². The number of pyridine rings is 1. The number of anilines is 2. The maximum atomic E-state index is 13.1. The Labute approximate surface area is 167 Å². The highest BCUT2D eigenvalue weighted by Crippen LogP contribution is 2.28. The van der Waals surface area contributed by atoms with Gasteiger partial charge in [-0.05, 0) is 19.5 Å². The first-order chi connectivity index (χ1) is 14.0. The van der Waals surface area contributed by atoms with E-state index in [1.54, 1.807) is 4.90 Å². The van der Waals surface area contributed by atoms with Gasteiger partial charge in [-0.15, -0.1) is 0 Å². The van der Waals surface area contributed by atoms with Gasteiger partial charge >= 0.3 is 11.8 Å². The van der Waals surface area contributed by atoms with Gasteiger partial charge in [0.25, 0.3) is 0 Å². The number of fused-ring (bicyclic) bond motifs is 1. The first-order valence-corrected chi connectivity index (χ1v) is 9.40. The van der Waals surface area contributed by atoms with Crippen LogP contribution >= 0.6 is 0 Å². The van der Waals surface area contributed by atoms with E-state index < -0.39 is 11.8 Å². The normalized spacial score (nSPS) is 20.0. The zero-order chi connectivity index (χ0) is 20.5. The maximum absolute atomic E-state index is 13.1. The summed E-state index contributed by atoms with van der Waals surface area (Å²) in [4.78, 5) is 33.8. The molecule has 4 N–H and O–H groups in total. The van der Waals surface area contributed by atoms with E-state index in [4.69, 9.17) is 5.73 Å². The molecule has 1 aliphatic heterocycles. The lowest BCUT2D eigenvalue weighted by atomic mass is 10.00. The highest BCUT2D eigenvalue weighted by molar-refractivity contribution is 6.40. The van der Waals surface area contributed by atoms with E-state index >= 15 is 0 Å². The van der Waals surface area contributed by atoms with Crippen LogP contribution in [0.25, 0.3) is 10.9 Å². The van der Waals surface area contributed by atoms with Crippen molar-refractivity contribution < 1.29 is 9.59 Å². The number of rotatable bonds is 2. The van der Waals surface area contributed by atoms with Crippen LogP contribution in [0.4, 0.5) is 11.5 Å². The van der Waals surface area contributed by atoms with Gasteiger partial charge in [-0.3, -0.25) is 19.6 Å². The van der Waals surface area contributed by atoms with Gasteiger partial charge in [0.1, 0.15) is 5.82 Å². The summed E-state index contributed by atoms with van der Waals surface area (Å²) in [5.74, 6) is -0.997. The SMILES string of the molecule is C[C@@H]1CN(C(=O)C(=O)Nc2cnc(N)c3cn[nH]c23)[C@@H](c2ccccc2)CN1C. The van der Waals surface area contributed by atoms with Gasteiger partial charge in [0.05, 0.1) is 35.0 Å². The number of hydrogen-bond acceptors (Lipinski definition) is 6. The highest BCUT2D eigenvalue weighted by Gasteiger charge is 2.36. The number of carbonyl (C=O) groups excluding carboxylic acids is 2. The predicted molar refractivity (Wildman–Crippen MR) is 110 cm³/mol. The molecule has 0 saturated carbocycles. The standard InChI is InChI=1S/C20H23N7O2/c1-12-10-27(16(11-26(12)2)13-6-4-3-5-7-13)20(29)19(28)24-15-9-22-18(21)14-8-23-25-17(14)15/h3-9,12,16H,10-11H2,1-2H3,(H2,21,22)(H,23,25)(H,24,28)/t12-,16-/m1/s1. The number of benzene rings is 1. The zero-order valence-electron chi connectivity index (χ0n) is 16.3. The van der Waals surface area contributed by atoms with E-state index in [1.807, 2.05) is 44.3 Å². The predicted octanol–water partition coefficient (Wildman–Crippen LogP) is 1.38. The molecule has 4 rings (SSSR count). The Morgan fingerprint density at radius 3 is 2.72 bits per heavy atom. The third-order valence-electron chi connectivity index (χ3n) is 5.46. The summed E-state index contributed by atoms with van der Waals surface area (Å²) in [5, 5.41) is 9.97. The Bertz CT molecular complexity index is 1050. The monoisotopic (exact) mass is 393 g/mol. The van der Waals surface area contributed by atoms with Crippen molar-refractivity contribution in [1.29, 1.82) is 0 Å². The zero-order valence-corrected chi connectivity index (χ0v) is 16.3. The molecule has 9 heteroatoms. The number of nitrogens with zero attached hydrogens (tertiary/aromatic N) is 4. The fourth-order valence-corrected chi connectivity index (χ4v) is 3.64. The van der Waals surface area contributed by atoms with Crippen LogP contribution in [0, 0.1) is 0 Å². The van der Waals surface area contributed by atoms with Crippen molar-refractivity contribution in [3.05, 3.63) is 48.3 Å². The van der Waals surface area contributed by atoms with E-state index in [2.05, 4.69) is 25.4 Å². The number of nitrogens with two attached hydrogens (primary N) is 1. The number of aromatic nitrogens is 3. The highest BCUT2D eigenvalue weighted by atomic mass is 16.2. The van der Waals surface area contributed by atoms with Gasteiger partial charge in [0.2, 0.25) is 0 Å². The van der Waals surface area contributed by atoms with Crippen molar-refractivity contribution in [2.75, 3.05) is 31.2 Å². The van der Waals surface area contributed by atoms with E-state index in [0.29, 0.717) is 35.5 Å². The Hall–Kier alpha value is -3.46. The second-order valence-corrected chi connectivity index (χ2v) is 7.34. The van der Waals surface area contributed by atoms with Gasteiger partial charge in [-0.1, -0.05) is 30.3 Å². The summed E-state index contributed by atoms with van der Waals surface area (Å²) in [5.41, 5.74) is 7.72. The molecule has 9 nitrogen and oxygen atoms in total. The summed E-state index contributed by atoms with van der Waals surface area (Å²) < 4.78 is 0. The molecule has 1 aromatic carbocycles. The van der Waals surface area contributed by atoms with Crippen molar-refractivity contribution in [1.82, 2.24) is 25.0 Å². The lowest BCUT2D eigenvalue weighted by Crippen LogP contribution is -2.55. The molecule has 150 valence electrons. The third kappa shape index (κ3) is 3.52. The summed E-state index contributed by atoms with van der Waals surface area (Å²) in [6.07, 6.45) is 2.95. The molecule has 3 aromatic rings. The smallest absolute Gasteiger partial charge is 0.314 e. The molecule has 2 atom stereocenters. The van der Waals surface area contributed by atoms with Crippen LogP contribution in [0.2, 0.25) is 0 Å². The summed E-state index contributed by atoms with van der Waals surface area (Å²) in [7, 11) is 2.03. The van der Waals surface area contributed by atoms with Crippen LogP contribution in [0.1, 0.15) is 18.5 Å². The lowest BCUT2D eigenvalue weighted by Gasteiger charge is -2.43. The Balaban J connectivity index is 1.59. The molecule has 1 saturated heterocycles. The van der Waals surface area contributed by atoms with Crippen molar-refractivity contribution in [3.63, 3.8) is 0 Å². The number of aromatic amines is 1. The fourth-order valence-electron chi connectivity index (χ4n) is 3.64. The van der Waals surface area contributed by atoms with Crippen LogP contribution in [-0.2, 0) is 9.59 Å². The van der Waals surface area contributed by atoms with E-state index in [9.17, 15) is 9.59 Å². The number of carbonyl (C=O) groups is 2. The molecule has 2 amide bonds. The average molecular weight is 393 g/mol. The van der Waals surface area contributed by atoms with Gasteiger partial charge in [-0.25, -0.2) is 4.98 Å². The fraction of sp³-hybridized carbons (Fsp3) is 0.300. The minimum Gasteiger partial charge on any atom is -0.383 e. The van der Waals surface area contributed by atoms with Crippen LogP contribution in [0.3, 0.4) is 0 Å². The number of hydrogen-bond donors (Lipinski definition) is 3. The van der Waals surface area contributed by atoms with Crippen molar-refractivity contribution in [3.8, 4) is 0 Å². The quantitative estimate of drug-likeness (QED) is 0.566. The lowest BCUT2D eigenvalue weighted by molar-refractivity contribution is -0.147. The van der Waals surface area contributed by atoms with Crippen LogP contribution < -0.4 is 11.1 Å². The van der Waals surface area contributed by atoms with Gasteiger partial charge in [0, 0.05) is 19.1 Å². The molecule has 0 aliphatic carbocycles. The molecule has 3 heterocycles. The van der Waals surface area contributed by atoms with Gasteiger partial charge < -0.3 is 16.0 Å². The Morgan fingerprint density at radius 2 is 1.97 bits per heavy atom. The molecular formula is C20H23N7O2. The molecule has 1 aliphatic rings. The topological polar surface area (TPSA) is 120 Å². The molecule has 0 spiro atoms. The minimum absolute atomic E-state index is 0.143. The minimum atomic E-state index is -0.717. The maximum Gasteiger partial charge on any atom is 0.314 e. The first-order valence-electron chi connectivity index (χ1n) is 9.40. The van der Waals surface area contributed by atoms with Crippen LogP contribution in [0.5, 0.6) is 0 Å². The van der Waals surface area contributed by atoms with E-state index in [0.717, 1.165) is 5.56 Å². The summed E-state index contributed by atoms with van der Waals surface area (Å²) in [6, 6.07) is 9.70. The number of likely N-dealkylation sites (N-methyl/N-ethyl adjacent to an activating group) is 1. The van der Waals surface area contributed by atoms with E-state index in [1.165, 1.54) is 12.4 Å². The molecular weight excluding hydrogens is 370 g/mol. The number of amides is 2. The first kappa shape index (κ1) is 18.9. The Morgan fingerprint density at radius 1 is 1.21 bits per heavy atom. The molecule has 2 aromatic heterocycles. The van der Waals surface area contributed by atoms with Crippen LogP contribution in [0.15, 0.2) is 42.7 Å². The second-order valence-electron chi connectivity index (χ2n) is 7.34. The number of nitrogens with one attached hydrogen (secondary N) is 2. The van der Waals surface area contributed by atoms with Gasteiger partial charge in [0.15, 0.2) is 0 Å². The molecule has 1 fully saturated rings. The largest absolute Gasteiger partial charge is 0.383 e. The number of piperazine rings is 1. The average Bonchev–Trinajstić information content (AvgIpc) is 3.23. The third-order valence-corrected chi connectivity index (χ3v) is 5.46. The molecule has 29 heavy (non-hydrogen) atoms. The molecule has 0 unspecified atom stereocenters. The summed E-state index contributed by atoms with van der Waals surface area (Å²) in [6.45, 7) is 3.15.